The molecule has 28 heavy (non-hydrogen) atoms. The molecule has 6 nitrogen and oxygen atoms in total. The largest absolute Gasteiger partial charge is 0.354 e. The van der Waals surface area contributed by atoms with Gasteiger partial charge in [0.15, 0.2) is 0 Å². The highest BCUT2D eigenvalue weighted by Crippen LogP contribution is 2.43. The minimum Gasteiger partial charge on any atom is -0.354 e. The number of carbonyl (C=O) groups is 1. The molecule has 0 aliphatic heterocycles. The van der Waals surface area contributed by atoms with Crippen LogP contribution in [-0.2, 0) is 10.2 Å². The number of carbonyl (C=O) groups excluding carboxylic acids is 1. The minimum atomic E-state index is 0.00524. The molecule has 2 aromatic carbocycles. The molecule has 0 spiro atoms. The number of tetrazole rings is 1. The van der Waals surface area contributed by atoms with E-state index in [1.54, 1.807) is 4.68 Å². The van der Waals surface area contributed by atoms with Crippen LogP contribution in [0.3, 0.4) is 0 Å². The van der Waals surface area contributed by atoms with Crippen LogP contribution in [0.15, 0.2) is 59.8 Å². The van der Waals surface area contributed by atoms with Gasteiger partial charge in [-0.3, -0.25) is 4.79 Å². The van der Waals surface area contributed by atoms with Gasteiger partial charge in [0, 0.05) is 12.0 Å². The Kier molecular flexibility index (Phi) is 5.43. The van der Waals surface area contributed by atoms with Crippen molar-refractivity contribution in [2.75, 3.05) is 12.3 Å². The Morgan fingerprint density at radius 3 is 2.57 bits per heavy atom. The highest BCUT2D eigenvalue weighted by Gasteiger charge is 2.38. The Hall–Kier alpha value is -2.67. The molecule has 144 valence electrons. The summed E-state index contributed by atoms with van der Waals surface area (Å²) in [6.45, 7) is 2.72. The Bertz CT molecular complexity index is 935. The average Bonchev–Trinajstić information content (AvgIpc) is 3.15. The van der Waals surface area contributed by atoms with Crippen LogP contribution in [0.4, 0.5) is 0 Å². The number of hydrogen-bond donors (Lipinski definition) is 1. The lowest BCUT2D eigenvalue weighted by Gasteiger charge is -2.42. The van der Waals surface area contributed by atoms with Gasteiger partial charge in [-0.2, -0.15) is 4.68 Å². The first kappa shape index (κ1) is 18.7. The Labute approximate surface area is 168 Å². The van der Waals surface area contributed by atoms with E-state index < -0.39 is 0 Å². The number of nitrogens with one attached hydrogen (secondary N) is 1. The van der Waals surface area contributed by atoms with E-state index in [0.717, 1.165) is 18.5 Å². The molecule has 0 bridgehead atoms. The molecular weight excluding hydrogens is 370 g/mol. The van der Waals surface area contributed by atoms with E-state index in [2.05, 4.69) is 45.1 Å². The van der Waals surface area contributed by atoms with E-state index in [0.29, 0.717) is 11.7 Å². The molecule has 1 saturated carbocycles. The van der Waals surface area contributed by atoms with Crippen molar-refractivity contribution in [1.29, 1.82) is 0 Å². The smallest absolute Gasteiger partial charge is 0.230 e. The number of aryl methyl sites for hydroxylation is 1. The van der Waals surface area contributed by atoms with Crippen molar-refractivity contribution in [1.82, 2.24) is 25.5 Å². The third-order valence-corrected chi connectivity index (χ3v) is 6.29. The zero-order chi connectivity index (χ0) is 19.4. The lowest BCUT2D eigenvalue weighted by molar-refractivity contribution is -0.119. The van der Waals surface area contributed by atoms with Crippen molar-refractivity contribution in [3.05, 3.63) is 65.7 Å². The summed E-state index contributed by atoms with van der Waals surface area (Å²) in [5, 5.41) is 15.6. The van der Waals surface area contributed by atoms with E-state index >= 15 is 0 Å². The van der Waals surface area contributed by atoms with Gasteiger partial charge >= 0.3 is 0 Å². The lowest BCUT2D eigenvalue weighted by Crippen LogP contribution is -2.46. The first-order chi connectivity index (χ1) is 13.7. The predicted octanol–water partition coefficient (Wildman–Crippen LogP) is 3.30. The van der Waals surface area contributed by atoms with Crippen molar-refractivity contribution >= 4 is 17.7 Å². The molecule has 0 atom stereocenters. The SMILES string of the molecule is Cc1ccc(-n2nnnc2SCC(=O)NCC2(c3ccccc3)CCC2)cc1. The molecule has 0 unspecified atom stereocenters. The van der Waals surface area contributed by atoms with E-state index in [9.17, 15) is 4.79 Å². The number of benzene rings is 2. The van der Waals surface area contributed by atoms with Crippen molar-refractivity contribution < 1.29 is 4.79 Å². The highest BCUT2D eigenvalue weighted by atomic mass is 32.2. The van der Waals surface area contributed by atoms with E-state index in [-0.39, 0.29) is 17.1 Å². The van der Waals surface area contributed by atoms with Crippen LogP contribution in [0.2, 0.25) is 0 Å². The molecule has 1 aliphatic carbocycles. The van der Waals surface area contributed by atoms with Crippen LogP contribution in [0.1, 0.15) is 30.4 Å². The van der Waals surface area contributed by atoms with E-state index in [4.69, 9.17) is 0 Å². The van der Waals surface area contributed by atoms with Crippen LogP contribution in [-0.4, -0.2) is 38.4 Å². The molecule has 7 heteroatoms. The molecular formula is C21H23N5OS. The maximum absolute atomic E-state index is 12.4. The van der Waals surface area contributed by atoms with Gasteiger partial charge < -0.3 is 5.32 Å². The van der Waals surface area contributed by atoms with Gasteiger partial charge in [0.05, 0.1) is 11.4 Å². The Balaban J connectivity index is 1.34. The van der Waals surface area contributed by atoms with Crippen LogP contribution < -0.4 is 5.32 Å². The maximum atomic E-state index is 12.4. The van der Waals surface area contributed by atoms with Crippen LogP contribution in [0.5, 0.6) is 0 Å². The zero-order valence-corrected chi connectivity index (χ0v) is 16.7. The summed E-state index contributed by atoms with van der Waals surface area (Å²) in [7, 11) is 0. The van der Waals surface area contributed by atoms with Gasteiger partial charge in [-0.1, -0.05) is 66.2 Å². The van der Waals surface area contributed by atoms with E-state index in [1.807, 2.05) is 37.3 Å². The van der Waals surface area contributed by atoms with Crippen molar-refractivity contribution in [2.24, 2.45) is 0 Å². The van der Waals surface area contributed by atoms with Crippen molar-refractivity contribution in [3.63, 3.8) is 0 Å². The number of thioether (sulfide) groups is 1. The molecule has 1 fully saturated rings. The lowest BCUT2D eigenvalue weighted by atomic mass is 9.64. The zero-order valence-electron chi connectivity index (χ0n) is 15.8. The molecule has 1 N–H and O–H groups in total. The number of nitrogens with zero attached hydrogens (tertiary/aromatic N) is 4. The van der Waals surface area contributed by atoms with Crippen LogP contribution in [0, 0.1) is 6.92 Å². The Morgan fingerprint density at radius 2 is 1.89 bits per heavy atom. The molecule has 3 aromatic rings. The summed E-state index contributed by atoms with van der Waals surface area (Å²) in [5.41, 5.74) is 3.47. The molecule has 1 aromatic heterocycles. The normalized spacial score (nSPS) is 15.0. The summed E-state index contributed by atoms with van der Waals surface area (Å²) in [4.78, 5) is 12.4. The van der Waals surface area contributed by atoms with Crippen LogP contribution >= 0.6 is 11.8 Å². The van der Waals surface area contributed by atoms with Gasteiger partial charge in [0.1, 0.15) is 0 Å². The molecule has 4 rings (SSSR count). The second-order valence-electron chi connectivity index (χ2n) is 7.27. The topological polar surface area (TPSA) is 72.7 Å². The summed E-state index contributed by atoms with van der Waals surface area (Å²) < 4.78 is 1.66. The summed E-state index contributed by atoms with van der Waals surface area (Å²) >= 11 is 1.35. The van der Waals surface area contributed by atoms with Gasteiger partial charge in [-0.05, 0) is 47.9 Å². The fraction of sp³-hybridized carbons (Fsp3) is 0.333. The summed E-state index contributed by atoms with van der Waals surface area (Å²) in [6.07, 6.45) is 3.46. The molecule has 1 amide bonds. The summed E-state index contributed by atoms with van der Waals surface area (Å²) in [6, 6.07) is 18.5. The maximum Gasteiger partial charge on any atom is 0.230 e. The van der Waals surface area contributed by atoms with Gasteiger partial charge in [-0.15, -0.1) is 5.10 Å². The standard InChI is InChI=1S/C21H23N5OS/c1-16-8-10-18(11-9-16)26-20(23-24-25-26)28-14-19(27)22-15-21(12-5-13-21)17-6-3-2-4-7-17/h2-4,6-11H,5,12-15H2,1H3,(H,22,27). The fourth-order valence-corrected chi connectivity index (χ4v) is 4.25. The third-order valence-electron chi connectivity index (χ3n) is 5.37. The molecule has 0 radical (unpaired) electrons. The first-order valence-electron chi connectivity index (χ1n) is 9.47. The fourth-order valence-electron chi connectivity index (χ4n) is 3.53. The summed E-state index contributed by atoms with van der Waals surface area (Å²) in [5.74, 6) is 0.294. The Morgan fingerprint density at radius 1 is 1.14 bits per heavy atom. The number of rotatable bonds is 7. The minimum absolute atomic E-state index is 0.00524. The van der Waals surface area contributed by atoms with Crippen molar-refractivity contribution in [3.8, 4) is 5.69 Å². The predicted molar refractivity (Wildman–Crippen MR) is 110 cm³/mol. The monoisotopic (exact) mass is 393 g/mol. The highest BCUT2D eigenvalue weighted by molar-refractivity contribution is 7.99. The quantitative estimate of drug-likeness (QED) is 0.624. The first-order valence-corrected chi connectivity index (χ1v) is 10.5. The van der Waals surface area contributed by atoms with Gasteiger partial charge in [0.25, 0.3) is 0 Å². The second kappa shape index (κ2) is 8.14. The van der Waals surface area contributed by atoms with Gasteiger partial charge in [-0.25, -0.2) is 0 Å². The van der Waals surface area contributed by atoms with Crippen LogP contribution in [0.25, 0.3) is 5.69 Å². The number of hydrogen-bond acceptors (Lipinski definition) is 5. The average molecular weight is 394 g/mol. The van der Waals surface area contributed by atoms with Crippen molar-refractivity contribution in [2.45, 2.75) is 36.8 Å². The molecule has 0 saturated heterocycles. The van der Waals surface area contributed by atoms with Gasteiger partial charge in [0.2, 0.25) is 11.1 Å². The third kappa shape index (κ3) is 3.94. The molecule has 1 aliphatic rings. The number of aromatic nitrogens is 4. The molecule has 1 heterocycles. The number of amides is 1. The van der Waals surface area contributed by atoms with E-state index in [1.165, 1.54) is 29.3 Å². The second-order valence-corrected chi connectivity index (χ2v) is 8.22.